The topological polar surface area (TPSA) is 130 Å². The van der Waals surface area contributed by atoms with E-state index in [4.69, 9.17) is 10.2 Å². The van der Waals surface area contributed by atoms with Gasteiger partial charge in [-0.25, -0.2) is 19.4 Å². The quantitative estimate of drug-likeness (QED) is 0.269. The first-order chi connectivity index (χ1) is 9.37. The average Bonchev–Trinajstić information content (AvgIpc) is 2.43. The molecular formula is C12H12O8. The maximum atomic E-state index is 12.2. The minimum Gasteiger partial charge on any atom is -0.479 e. The number of carboxylic acid groups (broad SMARTS) is 2. The fourth-order valence-corrected chi connectivity index (χ4v) is 1.57. The van der Waals surface area contributed by atoms with Crippen molar-refractivity contribution in [1.29, 1.82) is 0 Å². The van der Waals surface area contributed by atoms with Crippen molar-refractivity contribution in [3.8, 4) is 0 Å². The first kappa shape index (κ1) is 15.8. The van der Waals surface area contributed by atoms with Crippen LogP contribution < -0.4 is 0 Å². The zero-order chi connectivity index (χ0) is 15.3. The molecule has 0 saturated heterocycles. The molecule has 1 rings (SSSR count). The molecule has 0 radical (unpaired) electrons. The number of aliphatic carboxylic acids is 2. The molecule has 0 aliphatic rings. The summed E-state index contributed by atoms with van der Waals surface area (Å²) < 4.78 is 0. The smallest absolute Gasteiger partial charge is 0.351 e. The fourth-order valence-electron chi connectivity index (χ4n) is 1.57. The van der Waals surface area contributed by atoms with E-state index in [-0.39, 0.29) is 5.56 Å². The van der Waals surface area contributed by atoms with Crippen LogP contribution in [-0.4, -0.2) is 51.9 Å². The lowest BCUT2D eigenvalue weighted by Gasteiger charge is -2.28. The summed E-state index contributed by atoms with van der Waals surface area (Å²) >= 11 is 0. The Balaban J connectivity index is 3.39. The van der Waals surface area contributed by atoms with Crippen LogP contribution in [0.15, 0.2) is 30.3 Å². The van der Waals surface area contributed by atoms with Crippen molar-refractivity contribution in [3.63, 3.8) is 0 Å². The maximum Gasteiger partial charge on any atom is 0.351 e. The molecule has 0 bridgehead atoms. The molecule has 0 aliphatic heterocycles. The Morgan fingerprint density at radius 2 is 1.70 bits per heavy atom. The van der Waals surface area contributed by atoms with Crippen molar-refractivity contribution in [2.45, 2.75) is 11.7 Å². The van der Waals surface area contributed by atoms with E-state index in [0.717, 1.165) is 7.11 Å². The van der Waals surface area contributed by atoms with E-state index in [1.807, 2.05) is 0 Å². The number of hydrogen-bond acceptors (Lipinski definition) is 6. The minimum atomic E-state index is -3.10. The van der Waals surface area contributed by atoms with Gasteiger partial charge in [-0.3, -0.25) is 4.79 Å². The zero-order valence-electron chi connectivity index (χ0n) is 10.3. The summed E-state index contributed by atoms with van der Waals surface area (Å²) in [5.41, 5.74) is -3.24. The van der Waals surface area contributed by atoms with Crippen molar-refractivity contribution in [1.82, 2.24) is 0 Å². The van der Waals surface area contributed by atoms with Gasteiger partial charge >= 0.3 is 11.9 Å². The van der Waals surface area contributed by atoms with E-state index >= 15 is 0 Å². The number of hydrogen-bond donors (Lipinski definition) is 3. The molecule has 108 valence electrons. The number of aliphatic hydroxyl groups excluding tert-OH is 1. The van der Waals surface area contributed by atoms with Crippen molar-refractivity contribution in [3.05, 3.63) is 35.9 Å². The molecule has 0 fully saturated rings. The summed E-state index contributed by atoms with van der Waals surface area (Å²) in [5.74, 6) is -5.17. The van der Waals surface area contributed by atoms with Gasteiger partial charge in [-0.1, -0.05) is 30.3 Å². The Hall–Kier alpha value is -2.29. The van der Waals surface area contributed by atoms with E-state index in [9.17, 15) is 19.5 Å². The Kier molecular flexibility index (Phi) is 4.92. The molecule has 0 amide bonds. The van der Waals surface area contributed by atoms with Gasteiger partial charge in [-0.15, -0.1) is 0 Å². The molecule has 0 spiro atoms. The number of ketones is 1. The normalized spacial score (nSPS) is 15.1. The number of benzene rings is 1. The van der Waals surface area contributed by atoms with Crippen LogP contribution >= 0.6 is 0 Å². The van der Waals surface area contributed by atoms with Crippen LogP contribution in [0.1, 0.15) is 10.4 Å². The molecule has 0 aliphatic carbocycles. The molecule has 8 heteroatoms. The lowest BCUT2D eigenvalue weighted by Crippen LogP contribution is -2.60. The van der Waals surface area contributed by atoms with Crippen LogP contribution in [0.25, 0.3) is 0 Å². The zero-order valence-corrected chi connectivity index (χ0v) is 10.3. The number of carbonyl (C=O) groups excluding carboxylic acids is 1. The molecule has 2 atom stereocenters. The lowest BCUT2D eigenvalue weighted by molar-refractivity contribution is -0.336. The van der Waals surface area contributed by atoms with E-state index in [2.05, 4.69) is 9.78 Å². The van der Waals surface area contributed by atoms with Crippen LogP contribution in [0.4, 0.5) is 0 Å². The summed E-state index contributed by atoms with van der Waals surface area (Å²) in [6.07, 6.45) is -2.65. The Labute approximate surface area is 113 Å². The standard InChI is InChI=1S/C12H12O8/c1-19-20-12(11(17)18,9(14)10(15)16)8(13)7-5-3-2-4-6-7/h2-6,9,14H,1H3,(H,15,16)(H,17,18)/t9-,12+/m0/s1. The van der Waals surface area contributed by atoms with Gasteiger partial charge in [0.2, 0.25) is 11.9 Å². The van der Waals surface area contributed by atoms with Crippen molar-refractivity contribution >= 4 is 17.7 Å². The highest BCUT2D eigenvalue weighted by Crippen LogP contribution is 2.24. The molecule has 0 saturated carbocycles. The second kappa shape index (κ2) is 6.24. The largest absolute Gasteiger partial charge is 0.479 e. The van der Waals surface area contributed by atoms with E-state index in [0.29, 0.717) is 0 Å². The van der Waals surface area contributed by atoms with Gasteiger partial charge in [0.1, 0.15) is 0 Å². The third-order valence-corrected chi connectivity index (χ3v) is 2.52. The lowest BCUT2D eigenvalue weighted by atomic mass is 9.87. The van der Waals surface area contributed by atoms with Gasteiger partial charge in [0.05, 0.1) is 7.11 Å². The van der Waals surface area contributed by atoms with Gasteiger partial charge in [0.25, 0.3) is 5.60 Å². The highest BCUT2D eigenvalue weighted by atomic mass is 17.2. The predicted octanol–water partition coefficient (Wildman–Crippen LogP) is -0.284. The molecule has 1 aromatic rings. The van der Waals surface area contributed by atoms with Crippen LogP contribution in [0.5, 0.6) is 0 Å². The first-order valence-electron chi connectivity index (χ1n) is 5.33. The summed E-state index contributed by atoms with van der Waals surface area (Å²) in [7, 11) is 0.893. The van der Waals surface area contributed by atoms with E-state index < -0.39 is 29.4 Å². The summed E-state index contributed by atoms with van der Waals surface area (Å²) in [6.45, 7) is 0. The molecule has 3 N–H and O–H groups in total. The fraction of sp³-hybridized carbons (Fsp3) is 0.250. The van der Waals surface area contributed by atoms with Gasteiger partial charge in [0, 0.05) is 5.56 Å². The molecule has 1 aromatic carbocycles. The number of carbonyl (C=O) groups is 3. The van der Waals surface area contributed by atoms with Gasteiger partial charge < -0.3 is 15.3 Å². The van der Waals surface area contributed by atoms with Crippen molar-refractivity contribution in [2.75, 3.05) is 7.11 Å². The molecule has 20 heavy (non-hydrogen) atoms. The number of aliphatic hydroxyl groups is 1. The Morgan fingerprint density at radius 1 is 1.15 bits per heavy atom. The predicted molar refractivity (Wildman–Crippen MR) is 62.9 cm³/mol. The minimum absolute atomic E-state index is 0.146. The summed E-state index contributed by atoms with van der Waals surface area (Å²) in [5, 5.41) is 27.5. The second-order valence-electron chi connectivity index (χ2n) is 3.73. The maximum absolute atomic E-state index is 12.2. The molecule has 0 aromatic heterocycles. The summed E-state index contributed by atoms with van der Waals surface area (Å²) in [4.78, 5) is 42.9. The second-order valence-corrected chi connectivity index (χ2v) is 3.73. The highest BCUT2D eigenvalue weighted by molar-refractivity contribution is 6.17. The van der Waals surface area contributed by atoms with E-state index in [1.165, 1.54) is 24.3 Å². The van der Waals surface area contributed by atoms with Gasteiger partial charge in [-0.05, 0) is 0 Å². The third kappa shape index (κ3) is 2.67. The monoisotopic (exact) mass is 284 g/mol. The van der Waals surface area contributed by atoms with E-state index in [1.54, 1.807) is 6.07 Å². The molecule has 0 heterocycles. The molecule has 0 unspecified atom stereocenters. The van der Waals surface area contributed by atoms with Gasteiger partial charge in [-0.2, -0.15) is 0 Å². The third-order valence-electron chi connectivity index (χ3n) is 2.52. The average molecular weight is 284 g/mol. The van der Waals surface area contributed by atoms with Crippen molar-refractivity contribution < 1.29 is 39.5 Å². The van der Waals surface area contributed by atoms with Crippen LogP contribution in [-0.2, 0) is 19.4 Å². The SMILES string of the molecule is COO[C@](C(=O)O)(C(=O)c1ccccc1)[C@@H](O)C(=O)O. The number of Topliss-reactive ketones (excluding diaryl/α,β-unsaturated/α-hetero) is 1. The van der Waals surface area contributed by atoms with Crippen LogP contribution in [0, 0.1) is 0 Å². The van der Waals surface area contributed by atoms with Crippen LogP contribution in [0.2, 0.25) is 0 Å². The number of rotatable bonds is 7. The molecule has 8 nitrogen and oxygen atoms in total. The van der Waals surface area contributed by atoms with Crippen molar-refractivity contribution in [2.24, 2.45) is 0 Å². The van der Waals surface area contributed by atoms with Gasteiger partial charge in [0.15, 0.2) is 0 Å². The Morgan fingerprint density at radius 3 is 2.10 bits per heavy atom. The van der Waals surface area contributed by atoms with Crippen LogP contribution in [0.3, 0.4) is 0 Å². The molecular weight excluding hydrogens is 272 g/mol. The Bertz CT molecular complexity index is 511. The first-order valence-corrected chi connectivity index (χ1v) is 5.33. The highest BCUT2D eigenvalue weighted by Gasteiger charge is 2.58. The summed E-state index contributed by atoms with van der Waals surface area (Å²) in [6, 6.07) is 6.98. The number of carboxylic acids is 2.